The molecule has 0 aliphatic heterocycles. The molecule has 0 saturated heterocycles. The number of amides is 2. The average Bonchev–Trinajstić information content (AvgIpc) is 3.31. The molecular weight excluding hydrogens is 432 g/mol. The first-order chi connectivity index (χ1) is 14.1. The van der Waals surface area contributed by atoms with Crippen LogP contribution in [0.2, 0.25) is 0 Å². The van der Waals surface area contributed by atoms with Crippen molar-refractivity contribution in [1.82, 2.24) is 14.9 Å². The van der Waals surface area contributed by atoms with Crippen LogP contribution in [0.15, 0.2) is 40.4 Å². The van der Waals surface area contributed by atoms with E-state index >= 15 is 0 Å². The first kappa shape index (κ1) is 21.5. The smallest absolute Gasteiger partial charge is 0.306 e. The third-order valence-corrected chi connectivity index (χ3v) is 4.95. The lowest BCUT2D eigenvalue weighted by Gasteiger charge is -2.18. The zero-order valence-electron chi connectivity index (χ0n) is 16.3. The van der Waals surface area contributed by atoms with E-state index in [4.69, 9.17) is 8.60 Å². The summed E-state index contributed by atoms with van der Waals surface area (Å²) in [6.07, 6.45) is 3.88. The number of carbonyl (C=O) groups excluding carboxylic acids is 2. The molecule has 0 aliphatic rings. The summed E-state index contributed by atoms with van der Waals surface area (Å²) in [6, 6.07) is 3.93. The molecule has 0 radical (unpaired) electrons. The van der Waals surface area contributed by atoms with Gasteiger partial charge < -0.3 is 13.5 Å². The minimum Gasteiger partial charge on any atom is -0.444 e. The molecule has 0 saturated carbocycles. The molecule has 0 bridgehead atoms. The van der Waals surface area contributed by atoms with Crippen molar-refractivity contribution in [3.05, 3.63) is 58.8 Å². The maximum Gasteiger partial charge on any atom is 0.306 e. The Hall–Kier alpha value is -3.25. The Labute approximate surface area is 176 Å². The van der Waals surface area contributed by atoms with Gasteiger partial charge in [-0.3, -0.25) is 14.9 Å². The second-order valence-electron chi connectivity index (χ2n) is 6.30. The number of aryl methyl sites for hydroxylation is 1. The van der Waals surface area contributed by atoms with Crippen LogP contribution < -0.4 is 9.50 Å². The highest BCUT2D eigenvalue weighted by Gasteiger charge is 2.22. The topological polar surface area (TPSA) is 132 Å². The lowest BCUT2D eigenvalue weighted by Crippen LogP contribution is -2.27. The van der Waals surface area contributed by atoms with Gasteiger partial charge in [0.1, 0.15) is 5.76 Å². The van der Waals surface area contributed by atoms with Crippen molar-refractivity contribution in [3.8, 4) is 5.75 Å². The Bertz CT molecular complexity index is 1170. The molecule has 2 amide bonds. The summed E-state index contributed by atoms with van der Waals surface area (Å²) in [5.41, 5.74) is 0.0823. The third-order valence-electron chi connectivity index (χ3n) is 3.78. The van der Waals surface area contributed by atoms with E-state index in [0.717, 1.165) is 6.26 Å². The van der Waals surface area contributed by atoms with Gasteiger partial charge in [-0.1, -0.05) is 0 Å². The Morgan fingerprint density at radius 1 is 1.30 bits per heavy atom. The molecule has 0 fully saturated rings. The summed E-state index contributed by atoms with van der Waals surface area (Å²) in [6.45, 7) is 1.79. The van der Waals surface area contributed by atoms with Crippen molar-refractivity contribution in [1.29, 1.82) is 0 Å². The number of benzene rings is 1. The van der Waals surface area contributed by atoms with E-state index in [-0.39, 0.29) is 23.4 Å². The summed E-state index contributed by atoms with van der Waals surface area (Å²) in [5, 5.41) is 4.66. The number of aromatic nitrogens is 2. The minimum absolute atomic E-state index is 0.0232. The molecule has 2 aromatic heterocycles. The van der Waals surface area contributed by atoms with Crippen LogP contribution in [0, 0.1) is 6.92 Å². The van der Waals surface area contributed by atoms with E-state index in [1.165, 1.54) is 53.9 Å². The molecule has 3 aromatic rings. The standard InChI is InChI=1S/C18H18N4O6S2/c1-11-20-9-13(27-11)10-22(2)17(24)14-5-4-12(8-15(14)28-30(3,25)26)16(23)21-18-19-6-7-29-18/h4-9H,10H2,1-3H3,(H,19,21,23). The Morgan fingerprint density at radius 2 is 2.07 bits per heavy atom. The van der Waals surface area contributed by atoms with Gasteiger partial charge in [0.15, 0.2) is 16.8 Å². The SMILES string of the molecule is Cc1ncc(CN(C)C(=O)c2ccc(C(=O)Nc3nccs3)cc2OS(C)(=O)=O)o1. The van der Waals surface area contributed by atoms with Crippen LogP contribution in [-0.4, -0.2) is 48.4 Å². The largest absolute Gasteiger partial charge is 0.444 e. The molecule has 158 valence electrons. The van der Waals surface area contributed by atoms with E-state index in [1.54, 1.807) is 12.3 Å². The normalized spacial score (nSPS) is 11.2. The Kier molecular flexibility index (Phi) is 6.17. The highest BCUT2D eigenvalue weighted by atomic mass is 32.2. The highest BCUT2D eigenvalue weighted by Crippen LogP contribution is 2.25. The number of anilines is 1. The first-order valence-electron chi connectivity index (χ1n) is 8.53. The van der Waals surface area contributed by atoms with Gasteiger partial charge in [0, 0.05) is 31.1 Å². The van der Waals surface area contributed by atoms with Crippen molar-refractivity contribution in [2.24, 2.45) is 0 Å². The quantitative estimate of drug-likeness (QED) is 0.543. The van der Waals surface area contributed by atoms with Crippen molar-refractivity contribution in [3.63, 3.8) is 0 Å². The van der Waals surface area contributed by atoms with Gasteiger partial charge in [0.25, 0.3) is 11.8 Å². The van der Waals surface area contributed by atoms with Crippen LogP contribution in [0.5, 0.6) is 5.75 Å². The molecule has 0 atom stereocenters. The maximum atomic E-state index is 12.9. The molecule has 0 aliphatic carbocycles. The number of hydrogen-bond acceptors (Lipinski definition) is 9. The van der Waals surface area contributed by atoms with Crippen LogP contribution in [-0.2, 0) is 16.7 Å². The van der Waals surface area contributed by atoms with Crippen LogP contribution in [0.4, 0.5) is 5.13 Å². The molecule has 0 unspecified atom stereocenters. The number of nitrogens with one attached hydrogen (secondary N) is 1. The number of rotatable bonds is 7. The van der Waals surface area contributed by atoms with Gasteiger partial charge in [0.05, 0.1) is 24.6 Å². The molecular formula is C18H18N4O6S2. The number of oxazole rings is 1. The molecule has 3 rings (SSSR count). The van der Waals surface area contributed by atoms with Gasteiger partial charge in [-0.05, 0) is 18.2 Å². The van der Waals surface area contributed by atoms with Gasteiger partial charge >= 0.3 is 10.1 Å². The minimum atomic E-state index is -3.95. The van der Waals surface area contributed by atoms with Crippen LogP contribution in [0.3, 0.4) is 0 Å². The van der Waals surface area contributed by atoms with Crippen molar-refractivity contribution in [2.45, 2.75) is 13.5 Å². The molecule has 0 spiro atoms. The predicted molar refractivity (Wildman–Crippen MR) is 109 cm³/mol. The van der Waals surface area contributed by atoms with E-state index in [1.807, 2.05) is 0 Å². The van der Waals surface area contributed by atoms with Gasteiger partial charge in [-0.15, -0.1) is 11.3 Å². The van der Waals surface area contributed by atoms with Crippen LogP contribution in [0.25, 0.3) is 0 Å². The lowest BCUT2D eigenvalue weighted by molar-refractivity contribution is 0.0772. The molecule has 10 nitrogen and oxygen atoms in total. The van der Waals surface area contributed by atoms with E-state index in [9.17, 15) is 18.0 Å². The fourth-order valence-corrected chi connectivity index (χ4v) is 3.50. The third kappa shape index (κ3) is 5.42. The zero-order valence-corrected chi connectivity index (χ0v) is 17.9. The first-order valence-corrected chi connectivity index (χ1v) is 11.2. The average molecular weight is 450 g/mol. The molecule has 1 aromatic carbocycles. The van der Waals surface area contributed by atoms with E-state index < -0.39 is 21.9 Å². The number of nitrogens with zero attached hydrogens (tertiary/aromatic N) is 3. The van der Waals surface area contributed by atoms with Gasteiger partial charge in [-0.2, -0.15) is 8.42 Å². The molecule has 2 heterocycles. The number of hydrogen-bond donors (Lipinski definition) is 1. The summed E-state index contributed by atoms with van der Waals surface area (Å²) in [5.74, 6) is -0.367. The monoisotopic (exact) mass is 450 g/mol. The number of carbonyl (C=O) groups is 2. The number of thiazole rings is 1. The van der Waals surface area contributed by atoms with Gasteiger partial charge in [0.2, 0.25) is 0 Å². The van der Waals surface area contributed by atoms with E-state index in [2.05, 4.69) is 15.3 Å². The highest BCUT2D eigenvalue weighted by molar-refractivity contribution is 7.86. The Balaban J connectivity index is 1.88. The van der Waals surface area contributed by atoms with Crippen molar-refractivity contribution < 1.29 is 26.6 Å². The maximum absolute atomic E-state index is 12.9. The summed E-state index contributed by atoms with van der Waals surface area (Å²) in [7, 11) is -2.43. The summed E-state index contributed by atoms with van der Waals surface area (Å²) in [4.78, 5) is 34.6. The predicted octanol–water partition coefficient (Wildman–Crippen LogP) is 2.30. The summed E-state index contributed by atoms with van der Waals surface area (Å²) >= 11 is 1.23. The summed E-state index contributed by atoms with van der Waals surface area (Å²) < 4.78 is 33.7. The van der Waals surface area contributed by atoms with Crippen LogP contribution >= 0.6 is 11.3 Å². The fourth-order valence-electron chi connectivity index (χ4n) is 2.52. The zero-order chi connectivity index (χ0) is 21.9. The second kappa shape index (κ2) is 8.63. The fraction of sp³-hybridized carbons (Fsp3) is 0.222. The molecule has 30 heavy (non-hydrogen) atoms. The van der Waals surface area contributed by atoms with Crippen molar-refractivity contribution >= 4 is 38.4 Å². The second-order valence-corrected chi connectivity index (χ2v) is 8.77. The van der Waals surface area contributed by atoms with E-state index in [0.29, 0.717) is 16.8 Å². The molecule has 12 heteroatoms. The van der Waals surface area contributed by atoms with Gasteiger partial charge in [-0.25, -0.2) is 9.97 Å². The van der Waals surface area contributed by atoms with Crippen molar-refractivity contribution in [2.75, 3.05) is 18.6 Å². The lowest BCUT2D eigenvalue weighted by atomic mass is 10.1. The Morgan fingerprint density at radius 3 is 2.67 bits per heavy atom. The molecule has 1 N–H and O–H groups in total. The van der Waals surface area contributed by atoms with Crippen LogP contribution in [0.1, 0.15) is 32.4 Å².